The number of carbonyl (C=O) groups is 2. The average Bonchev–Trinajstić information content (AvgIpc) is 2.97. The van der Waals surface area contributed by atoms with E-state index in [2.05, 4.69) is 26.6 Å². The number of likely N-dealkylation sites (tertiary alicyclic amines) is 1. The second kappa shape index (κ2) is 7.91. The minimum atomic E-state index is -0.304. The van der Waals surface area contributed by atoms with Gasteiger partial charge in [-0.1, -0.05) is 36.4 Å². The summed E-state index contributed by atoms with van der Waals surface area (Å²) in [6.45, 7) is 4.51. The molecular weight excluding hydrogens is 394 g/mol. The van der Waals surface area contributed by atoms with Gasteiger partial charge in [0.2, 0.25) is 5.91 Å². The van der Waals surface area contributed by atoms with E-state index in [-0.39, 0.29) is 24.0 Å². The summed E-state index contributed by atoms with van der Waals surface area (Å²) in [4.78, 5) is 26.5. The summed E-state index contributed by atoms with van der Waals surface area (Å²) in [5, 5.41) is 5.73. The molecule has 0 saturated carbocycles. The zero-order chi connectivity index (χ0) is 18.7. The Bertz CT molecular complexity index is 810. The maximum atomic E-state index is 12.4. The van der Waals surface area contributed by atoms with Crippen LogP contribution in [0, 0.1) is 6.92 Å². The number of hydrogen-bond acceptors (Lipinski definition) is 2. The highest BCUT2D eigenvalue weighted by Gasteiger charge is 2.33. The van der Waals surface area contributed by atoms with Gasteiger partial charge in [-0.25, -0.2) is 4.79 Å². The van der Waals surface area contributed by atoms with Gasteiger partial charge in [-0.05, 0) is 53.0 Å². The van der Waals surface area contributed by atoms with E-state index in [0.29, 0.717) is 18.7 Å². The molecule has 136 valence electrons. The van der Waals surface area contributed by atoms with Crippen LogP contribution < -0.4 is 10.6 Å². The van der Waals surface area contributed by atoms with Gasteiger partial charge in [0.05, 0.1) is 17.8 Å². The maximum absolute atomic E-state index is 12.4. The van der Waals surface area contributed by atoms with E-state index in [0.717, 1.165) is 15.6 Å². The molecule has 2 atom stereocenters. The molecule has 2 unspecified atom stereocenters. The molecule has 1 fully saturated rings. The van der Waals surface area contributed by atoms with Crippen LogP contribution >= 0.6 is 15.9 Å². The summed E-state index contributed by atoms with van der Waals surface area (Å²) in [7, 11) is 0. The van der Waals surface area contributed by atoms with Crippen LogP contribution in [0.4, 0.5) is 10.5 Å². The van der Waals surface area contributed by atoms with E-state index < -0.39 is 0 Å². The Kier molecular flexibility index (Phi) is 5.61. The number of benzene rings is 2. The highest BCUT2D eigenvalue weighted by atomic mass is 79.9. The maximum Gasteiger partial charge on any atom is 0.319 e. The van der Waals surface area contributed by atoms with Gasteiger partial charge in [0.15, 0.2) is 0 Å². The molecule has 1 heterocycles. The molecule has 1 aliphatic rings. The lowest BCUT2D eigenvalue weighted by atomic mass is 10.1. The van der Waals surface area contributed by atoms with Crippen LogP contribution in [0.3, 0.4) is 0 Å². The van der Waals surface area contributed by atoms with Gasteiger partial charge in [-0.3, -0.25) is 4.79 Å². The summed E-state index contributed by atoms with van der Waals surface area (Å²) in [5.74, 6) is 0.0585. The number of rotatable bonds is 4. The molecular formula is C20H22BrN3O2. The van der Waals surface area contributed by atoms with Crippen LogP contribution in [0.5, 0.6) is 0 Å². The molecule has 3 amide bonds. The number of anilines is 1. The Balaban J connectivity index is 1.59. The van der Waals surface area contributed by atoms with Gasteiger partial charge in [0.1, 0.15) is 0 Å². The van der Waals surface area contributed by atoms with E-state index in [4.69, 9.17) is 0 Å². The Morgan fingerprint density at radius 2 is 1.96 bits per heavy atom. The lowest BCUT2D eigenvalue weighted by Gasteiger charge is -2.25. The number of carbonyl (C=O) groups excluding carboxylic acids is 2. The molecule has 1 saturated heterocycles. The molecule has 1 aliphatic heterocycles. The van der Waals surface area contributed by atoms with Crippen molar-refractivity contribution in [2.24, 2.45) is 0 Å². The molecule has 2 aromatic rings. The summed E-state index contributed by atoms with van der Waals surface area (Å²) < 4.78 is 0.828. The molecule has 0 radical (unpaired) electrons. The van der Waals surface area contributed by atoms with Crippen molar-refractivity contribution in [3.63, 3.8) is 0 Å². The van der Waals surface area contributed by atoms with E-state index in [1.807, 2.05) is 67.3 Å². The molecule has 6 heteroatoms. The van der Waals surface area contributed by atoms with Crippen molar-refractivity contribution >= 4 is 33.6 Å². The normalized spacial score (nSPS) is 17.9. The molecule has 26 heavy (non-hydrogen) atoms. The zero-order valence-electron chi connectivity index (χ0n) is 14.8. The predicted octanol–water partition coefficient (Wildman–Crippen LogP) is 4.24. The third-order valence-electron chi connectivity index (χ3n) is 4.62. The van der Waals surface area contributed by atoms with Crippen molar-refractivity contribution in [1.82, 2.24) is 10.2 Å². The highest BCUT2D eigenvalue weighted by Crippen LogP contribution is 2.26. The topological polar surface area (TPSA) is 61.4 Å². The number of nitrogens with zero attached hydrogens (tertiary/aromatic N) is 1. The molecule has 0 spiro atoms. The molecule has 2 aromatic carbocycles. The monoisotopic (exact) mass is 415 g/mol. The van der Waals surface area contributed by atoms with Crippen LogP contribution in [-0.4, -0.2) is 29.4 Å². The fourth-order valence-electron chi connectivity index (χ4n) is 3.18. The quantitative estimate of drug-likeness (QED) is 0.783. The second-order valence-electron chi connectivity index (χ2n) is 6.62. The van der Waals surface area contributed by atoms with Crippen molar-refractivity contribution in [2.75, 3.05) is 11.9 Å². The minimum absolute atomic E-state index is 0.00944. The molecule has 5 nitrogen and oxygen atoms in total. The van der Waals surface area contributed by atoms with Crippen molar-refractivity contribution in [2.45, 2.75) is 32.4 Å². The Morgan fingerprint density at radius 1 is 1.23 bits per heavy atom. The van der Waals surface area contributed by atoms with Crippen LogP contribution in [-0.2, 0) is 4.79 Å². The van der Waals surface area contributed by atoms with Crippen LogP contribution in [0.2, 0.25) is 0 Å². The molecule has 0 bridgehead atoms. The van der Waals surface area contributed by atoms with E-state index in [1.54, 1.807) is 0 Å². The summed E-state index contributed by atoms with van der Waals surface area (Å²) in [6.07, 6.45) is 0.319. The summed E-state index contributed by atoms with van der Waals surface area (Å²) in [5.41, 5.74) is 2.90. The van der Waals surface area contributed by atoms with Crippen molar-refractivity contribution in [3.05, 3.63) is 64.1 Å². The first kappa shape index (κ1) is 18.5. The third kappa shape index (κ3) is 4.25. The van der Waals surface area contributed by atoms with Crippen LogP contribution in [0.25, 0.3) is 0 Å². The first-order valence-electron chi connectivity index (χ1n) is 8.62. The number of nitrogens with one attached hydrogen (secondary N) is 2. The van der Waals surface area contributed by atoms with E-state index in [1.165, 1.54) is 0 Å². The Morgan fingerprint density at radius 3 is 2.65 bits per heavy atom. The number of halogens is 1. The largest absolute Gasteiger partial charge is 0.334 e. The van der Waals surface area contributed by atoms with Crippen LogP contribution in [0.1, 0.15) is 30.5 Å². The minimum Gasteiger partial charge on any atom is -0.334 e. The Hall–Kier alpha value is -2.34. The van der Waals surface area contributed by atoms with Gasteiger partial charge in [-0.15, -0.1) is 0 Å². The lowest BCUT2D eigenvalue weighted by molar-refractivity contribution is -0.129. The second-order valence-corrected chi connectivity index (χ2v) is 7.47. The van der Waals surface area contributed by atoms with Gasteiger partial charge >= 0.3 is 6.03 Å². The smallest absolute Gasteiger partial charge is 0.319 e. The number of aryl methyl sites for hydroxylation is 1. The highest BCUT2D eigenvalue weighted by molar-refractivity contribution is 9.10. The van der Waals surface area contributed by atoms with Crippen molar-refractivity contribution in [1.29, 1.82) is 0 Å². The summed E-state index contributed by atoms with van der Waals surface area (Å²) >= 11 is 3.45. The number of amides is 3. The predicted molar refractivity (Wildman–Crippen MR) is 106 cm³/mol. The van der Waals surface area contributed by atoms with Gasteiger partial charge in [0.25, 0.3) is 0 Å². The molecule has 2 N–H and O–H groups in total. The third-order valence-corrected chi connectivity index (χ3v) is 5.27. The summed E-state index contributed by atoms with van der Waals surface area (Å²) in [6, 6.07) is 15.1. The lowest BCUT2D eigenvalue weighted by Crippen LogP contribution is -2.40. The fraction of sp³-hybridized carbons (Fsp3) is 0.300. The number of urea groups is 1. The number of hydrogen-bond donors (Lipinski definition) is 2. The zero-order valence-corrected chi connectivity index (χ0v) is 16.4. The SMILES string of the molecule is Cc1ccc(NC(=O)NC2CC(=O)N(C(C)c3ccccc3)C2)c(Br)c1. The molecule has 0 aliphatic carbocycles. The van der Waals surface area contributed by atoms with E-state index >= 15 is 0 Å². The van der Waals surface area contributed by atoms with Crippen molar-refractivity contribution in [3.8, 4) is 0 Å². The van der Waals surface area contributed by atoms with Gasteiger partial charge in [0, 0.05) is 17.4 Å². The average molecular weight is 416 g/mol. The first-order chi connectivity index (χ1) is 12.4. The van der Waals surface area contributed by atoms with Gasteiger partial charge in [-0.2, -0.15) is 0 Å². The fourth-order valence-corrected chi connectivity index (χ4v) is 3.77. The first-order valence-corrected chi connectivity index (χ1v) is 9.41. The Labute approximate surface area is 161 Å². The molecule has 3 rings (SSSR count). The standard InChI is InChI=1S/C20H22BrN3O2/c1-13-8-9-18(17(21)10-13)23-20(26)22-16-11-19(25)24(12-16)14(2)15-6-4-3-5-7-15/h3-10,14,16H,11-12H2,1-2H3,(H2,22,23,26). The van der Waals surface area contributed by atoms with E-state index in [9.17, 15) is 9.59 Å². The van der Waals surface area contributed by atoms with Gasteiger partial charge < -0.3 is 15.5 Å². The van der Waals surface area contributed by atoms with Crippen molar-refractivity contribution < 1.29 is 9.59 Å². The van der Waals surface area contributed by atoms with Crippen LogP contribution in [0.15, 0.2) is 53.0 Å². The molecule has 0 aromatic heterocycles.